The zero-order chi connectivity index (χ0) is 13.8. The van der Waals surface area contributed by atoms with Crippen molar-refractivity contribution in [3.05, 3.63) is 46.7 Å². The Hall–Kier alpha value is -1.52. The highest BCUT2D eigenvalue weighted by Gasteiger charge is 2.28. The number of para-hydroxylation sites is 2. The number of thiophene rings is 1. The average Bonchev–Trinajstić information content (AvgIpc) is 3.18. The zero-order valence-corrected chi connectivity index (χ0v) is 12.3. The van der Waals surface area contributed by atoms with Gasteiger partial charge >= 0.3 is 0 Å². The van der Waals surface area contributed by atoms with Gasteiger partial charge in [0.25, 0.3) is 0 Å². The van der Waals surface area contributed by atoms with Crippen LogP contribution < -0.4 is 10.5 Å². The van der Waals surface area contributed by atoms with Crippen molar-refractivity contribution in [2.45, 2.75) is 25.4 Å². The van der Waals surface area contributed by atoms with Gasteiger partial charge in [0.2, 0.25) is 0 Å². The molecule has 0 bridgehead atoms. The normalized spacial score (nSPS) is 14.7. The Kier molecular flexibility index (Phi) is 4.23. The third-order valence-electron chi connectivity index (χ3n) is 3.56. The van der Waals surface area contributed by atoms with Crippen molar-refractivity contribution < 1.29 is 4.74 Å². The highest BCUT2D eigenvalue weighted by atomic mass is 32.1. The highest BCUT2D eigenvalue weighted by Crippen LogP contribution is 2.29. The maximum absolute atomic E-state index is 5.88. The van der Waals surface area contributed by atoms with Crippen LogP contribution in [0.15, 0.2) is 41.8 Å². The van der Waals surface area contributed by atoms with Crippen molar-refractivity contribution in [3.63, 3.8) is 0 Å². The van der Waals surface area contributed by atoms with Gasteiger partial charge in [-0.05, 0) is 36.4 Å². The van der Waals surface area contributed by atoms with Crippen LogP contribution in [-0.4, -0.2) is 24.1 Å². The molecule has 0 spiro atoms. The molecule has 4 heteroatoms. The quantitative estimate of drug-likeness (QED) is 0.794. The molecular formula is C16H20N2OS. The van der Waals surface area contributed by atoms with Gasteiger partial charge in [0, 0.05) is 24.0 Å². The Labute approximate surface area is 124 Å². The van der Waals surface area contributed by atoms with Crippen molar-refractivity contribution in [2.24, 2.45) is 0 Å². The van der Waals surface area contributed by atoms with E-state index >= 15 is 0 Å². The fourth-order valence-electron chi connectivity index (χ4n) is 2.32. The summed E-state index contributed by atoms with van der Waals surface area (Å²) in [4.78, 5) is 3.95. The lowest BCUT2D eigenvalue weighted by atomic mass is 10.3. The van der Waals surface area contributed by atoms with Crippen LogP contribution >= 0.6 is 11.3 Å². The Balaban J connectivity index is 1.51. The van der Waals surface area contributed by atoms with Crippen LogP contribution in [0.4, 0.5) is 5.69 Å². The van der Waals surface area contributed by atoms with Crippen molar-refractivity contribution in [1.82, 2.24) is 4.90 Å². The smallest absolute Gasteiger partial charge is 0.142 e. The predicted octanol–water partition coefficient (Wildman–Crippen LogP) is 3.37. The first-order valence-corrected chi connectivity index (χ1v) is 7.94. The molecular weight excluding hydrogens is 268 g/mol. The monoisotopic (exact) mass is 288 g/mol. The van der Waals surface area contributed by atoms with Gasteiger partial charge in [-0.2, -0.15) is 0 Å². The van der Waals surface area contributed by atoms with E-state index in [0.29, 0.717) is 12.3 Å². The molecule has 0 unspecified atom stereocenters. The van der Waals surface area contributed by atoms with Gasteiger partial charge in [-0.1, -0.05) is 18.2 Å². The number of nitrogens with two attached hydrogens (primary N) is 1. The molecule has 1 aromatic heterocycles. The number of rotatable bonds is 7. The van der Waals surface area contributed by atoms with E-state index in [0.717, 1.165) is 24.9 Å². The van der Waals surface area contributed by atoms with Gasteiger partial charge < -0.3 is 10.5 Å². The fraction of sp³-hybridized carbons (Fsp3) is 0.375. The van der Waals surface area contributed by atoms with E-state index in [4.69, 9.17) is 10.5 Å². The maximum atomic E-state index is 5.88. The SMILES string of the molecule is Nc1ccccc1OCCN(Cc1cccs1)C1CC1. The molecule has 2 N–H and O–H groups in total. The van der Waals surface area contributed by atoms with E-state index < -0.39 is 0 Å². The summed E-state index contributed by atoms with van der Waals surface area (Å²) in [5, 5.41) is 2.14. The van der Waals surface area contributed by atoms with Gasteiger partial charge in [0.05, 0.1) is 5.69 Å². The minimum absolute atomic E-state index is 0.691. The second-order valence-corrected chi connectivity index (χ2v) is 6.20. The first kappa shape index (κ1) is 13.5. The van der Waals surface area contributed by atoms with E-state index in [1.165, 1.54) is 17.7 Å². The predicted molar refractivity (Wildman–Crippen MR) is 84.1 cm³/mol. The summed E-state index contributed by atoms with van der Waals surface area (Å²) in [5.74, 6) is 0.791. The third-order valence-corrected chi connectivity index (χ3v) is 4.42. The first-order chi connectivity index (χ1) is 9.83. The Morgan fingerprint density at radius 1 is 1.20 bits per heavy atom. The number of ether oxygens (including phenoxy) is 1. The topological polar surface area (TPSA) is 38.5 Å². The van der Waals surface area contributed by atoms with E-state index in [-0.39, 0.29) is 0 Å². The van der Waals surface area contributed by atoms with Crippen LogP contribution in [0.5, 0.6) is 5.75 Å². The lowest BCUT2D eigenvalue weighted by Gasteiger charge is -2.21. The summed E-state index contributed by atoms with van der Waals surface area (Å²) >= 11 is 1.83. The number of nitrogen functional groups attached to an aromatic ring is 1. The minimum atomic E-state index is 0.691. The average molecular weight is 288 g/mol. The molecule has 0 saturated heterocycles. The molecule has 1 aromatic carbocycles. The van der Waals surface area contributed by atoms with Crippen LogP contribution in [0, 0.1) is 0 Å². The summed E-state index contributed by atoms with van der Waals surface area (Å²) in [7, 11) is 0. The summed E-state index contributed by atoms with van der Waals surface area (Å²) in [6.45, 7) is 2.68. The molecule has 0 atom stereocenters. The Morgan fingerprint density at radius 2 is 2.05 bits per heavy atom. The fourth-order valence-corrected chi connectivity index (χ4v) is 3.05. The largest absolute Gasteiger partial charge is 0.490 e. The summed E-state index contributed by atoms with van der Waals surface area (Å²) in [6.07, 6.45) is 2.64. The molecule has 0 aliphatic heterocycles. The zero-order valence-electron chi connectivity index (χ0n) is 11.5. The maximum Gasteiger partial charge on any atom is 0.142 e. The van der Waals surface area contributed by atoms with Crippen molar-refractivity contribution in [3.8, 4) is 5.75 Å². The van der Waals surface area contributed by atoms with Crippen molar-refractivity contribution in [2.75, 3.05) is 18.9 Å². The molecule has 0 radical (unpaired) electrons. The molecule has 0 amide bonds. The second kappa shape index (κ2) is 6.29. The minimum Gasteiger partial charge on any atom is -0.490 e. The van der Waals surface area contributed by atoms with Gasteiger partial charge in [-0.15, -0.1) is 11.3 Å². The molecule has 2 aromatic rings. The van der Waals surface area contributed by atoms with Gasteiger partial charge in [0.15, 0.2) is 0 Å². The molecule has 20 heavy (non-hydrogen) atoms. The van der Waals surface area contributed by atoms with E-state index in [9.17, 15) is 0 Å². The van der Waals surface area contributed by atoms with Gasteiger partial charge in [-0.25, -0.2) is 0 Å². The molecule has 1 aliphatic rings. The number of benzene rings is 1. The van der Waals surface area contributed by atoms with Crippen molar-refractivity contribution in [1.29, 1.82) is 0 Å². The van der Waals surface area contributed by atoms with E-state index in [1.807, 2.05) is 35.6 Å². The molecule has 3 rings (SSSR count). The van der Waals surface area contributed by atoms with Crippen LogP contribution in [0.25, 0.3) is 0 Å². The molecule has 106 valence electrons. The van der Waals surface area contributed by atoms with Crippen LogP contribution in [0.1, 0.15) is 17.7 Å². The molecule has 1 fully saturated rings. The standard InChI is InChI=1S/C16H20N2OS/c17-15-5-1-2-6-16(15)19-10-9-18(13-7-8-13)12-14-4-3-11-20-14/h1-6,11,13H,7-10,12,17H2. The lowest BCUT2D eigenvalue weighted by molar-refractivity contribution is 0.197. The van der Waals surface area contributed by atoms with Gasteiger partial charge in [-0.3, -0.25) is 4.90 Å². The number of anilines is 1. The number of hydrogen-bond acceptors (Lipinski definition) is 4. The summed E-state index contributed by atoms with van der Waals surface area (Å²) in [5.41, 5.74) is 6.59. The van der Waals surface area contributed by atoms with Gasteiger partial charge in [0.1, 0.15) is 12.4 Å². The van der Waals surface area contributed by atoms with E-state index in [2.05, 4.69) is 22.4 Å². The van der Waals surface area contributed by atoms with Crippen LogP contribution in [0.3, 0.4) is 0 Å². The second-order valence-electron chi connectivity index (χ2n) is 5.17. The molecule has 3 nitrogen and oxygen atoms in total. The molecule has 1 heterocycles. The highest BCUT2D eigenvalue weighted by molar-refractivity contribution is 7.09. The number of nitrogens with zero attached hydrogens (tertiary/aromatic N) is 1. The number of hydrogen-bond donors (Lipinski definition) is 1. The lowest BCUT2D eigenvalue weighted by Crippen LogP contribution is -2.29. The molecule has 1 saturated carbocycles. The Morgan fingerprint density at radius 3 is 2.75 bits per heavy atom. The first-order valence-electron chi connectivity index (χ1n) is 7.06. The van der Waals surface area contributed by atoms with E-state index in [1.54, 1.807) is 0 Å². The van der Waals surface area contributed by atoms with Crippen LogP contribution in [0.2, 0.25) is 0 Å². The third kappa shape index (κ3) is 3.52. The van der Waals surface area contributed by atoms with Crippen LogP contribution in [-0.2, 0) is 6.54 Å². The molecule has 1 aliphatic carbocycles. The summed E-state index contributed by atoms with van der Waals surface area (Å²) in [6, 6.07) is 12.7. The summed E-state index contributed by atoms with van der Waals surface area (Å²) < 4.78 is 5.80. The van der Waals surface area contributed by atoms with Crippen molar-refractivity contribution >= 4 is 17.0 Å². The Bertz CT molecular complexity index is 537.